The zero-order chi connectivity index (χ0) is 31.5. The Bertz CT molecular complexity index is 1690. The molecule has 2 amide bonds. The normalized spacial score (nSPS) is 18.0. The van der Waals surface area contributed by atoms with E-state index in [1.807, 2.05) is 73.7 Å². The van der Waals surface area contributed by atoms with Gasteiger partial charge in [0, 0.05) is 34.9 Å². The van der Waals surface area contributed by atoms with Crippen LogP contribution in [0.4, 0.5) is 5.82 Å². The fraction of sp³-hybridized carbons (Fsp3) is 0.324. The molecule has 2 atom stereocenters. The molecule has 1 aromatic heterocycles. The van der Waals surface area contributed by atoms with E-state index in [0.717, 1.165) is 40.8 Å². The molecule has 11 heteroatoms. The van der Waals surface area contributed by atoms with E-state index in [0.29, 0.717) is 41.2 Å². The van der Waals surface area contributed by atoms with Crippen molar-refractivity contribution >= 4 is 41.0 Å². The number of benzene rings is 3. The first kappa shape index (κ1) is 31.0. The minimum atomic E-state index is -0.390. The lowest BCUT2D eigenvalue weighted by molar-refractivity contribution is -0.123. The van der Waals surface area contributed by atoms with Crippen LogP contribution in [0.3, 0.4) is 0 Å². The Hall–Kier alpha value is -3.99. The molecule has 0 saturated carbocycles. The smallest absolute Gasteiger partial charge is 0.240 e. The number of aryl methyl sites for hydroxylation is 1. The number of amides is 2. The molecule has 9 nitrogen and oxygen atoms in total. The number of carbonyl (C=O) groups is 2. The van der Waals surface area contributed by atoms with Gasteiger partial charge in [-0.25, -0.2) is 4.68 Å². The molecule has 0 unspecified atom stereocenters. The Kier molecular flexibility index (Phi) is 9.34. The third kappa shape index (κ3) is 6.54. The van der Waals surface area contributed by atoms with Crippen LogP contribution in [0, 0.1) is 6.92 Å². The summed E-state index contributed by atoms with van der Waals surface area (Å²) >= 11 is 7.76. The van der Waals surface area contributed by atoms with Crippen molar-refractivity contribution in [1.29, 1.82) is 0 Å². The van der Waals surface area contributed by atoms with Gasteiger partial charge in [0.1, 0.15) is 23.9 Å². The van der Waals surface area contributed by atoms with Crippen LogP contribution in [0.5, 0.6) is 11.5 Å². The fourth-order valence-electron chi connectivity index (χ4n) is 5.73. The molecule has 1 saturated heterocycles. The predicted octanol–water partition coefficient (Wildman–Crippen LogP) is 5.98. The molecule has 2 aliphatic heterocycles. The number of fused-ring (bicyclic) bond motifs is 1. The Morgan fingerprint density at radius 3 is 2.56 bits per heavy atom. The number of thioether (sulfide) groups is 1. The molecule has 2 aliphatic rings. The van der Waals surface area contributed by atoms with Crippen LogP contribution < -0.4 is 19.7 Å². The Morgan fingerprint density at radius 1 is 1.09 bits per heavy atom. The van der Waals surface area contributed by atoms with E-state index in [1.54, 1.807) is 23.8 Å². The second-order valence-corrected chi connectivity index (χ2v) is 12.6. The van der Waals surface area contributed by atoms with Gasteiger partial charge >= 0.3 is 0 Å². The minimum Gasteiger partial charge on any atom is -0.497 e. The zero-order valence-electron chi connectivity index (χ0n) is 25.4. The van der Waals surface area contributed by atoms with Crippen LogP contribution in [0.1, 0.15) is 34.8 Å². The summed E-state index contributed by atoms with van der Waals surface area (Å²) < 4.78 is 18.9. The fourth-order valence-corrected chi connectivity index (χ4v) is 7.07. The van der Waals surface area contributed by atoms with Gasteiger partial charge in [0.25, 0.3) is 0 Å². The molecule has 1 N–H and O–H groups in total. The molecule has 1 fully saturated rings. The molecule has 3 aromatic carbocycles. The lowest BCUT2D eigenvalue weighted by Crippen LogP contribution is -2.44. The van der Waals surface area contributed by atoms with Crippen molar-refractivity contribution < 1.29 is 23.8 Å². The van der Waals surface area contributed by atoms with Crippen LogP contribution in [0.25, 0.3) is 16.9 Å². The molecule has 0 spiro atoms. The number of nitrogens with zero attached hydrogens (tertiary/aromatic N) is 3. The van der Waals surface area contributed by atoms with E-state index in [9.17, 15) is 9.59 Å². The van der Waals surface area contributed by atoms with Crippen molar-refractivity contribution in [3.05, 3.63) is 88.4 Å². The van der Waals surface area contributed by atoms with Crippen molar-refractivity contribution in [2.45, 2.75) is 31.1 Å². The van der Waals surface area contributed by atoms with Crippen molar-refractivity contribution in [3.8, 4) is 28.4 Å². The third-order valence-corrected chi connectivity index (χ3v) is 9.55. The van der Waals surface area contributed by atoms with Gasteiger partial charge < -0.3 is 19.5 Å². The maximum atomic E-state index is 14.0. The summed E-state index contributed by atoms with van der Waals surface area (Å²) in [6.45, 7) is 2.95. The SMILES string of the molecule is COc1ccc(OC)c([C@H]2SCC(=O)N(CC(=O)NC[C@@H]3CCCO3)c3c2c(-c2ccc(Cl)cc2)nn3-c2ccc(C)cc2)c1. The van der Waals surface area contributed by atoms with Gasteiger partial charge in [-0.3, -0.25) is 14.5 Å². The van der Waals surface area contributed by atoms with E-state index in [2.05, 4.69) is 5.32 Å². The number of hydrogen-bond donors (Lipinski definition) is 1. The first-order valence-corrected chi connectivity index (χ1v) is 16.3. The molecule has 0 radical (unpaired) electrons. The zero-order valence-corrected chi connectivity index (χ0v) is 27.0. The number of nitrogens with one attached hydrogen (secondary N) is 1. The van der Waals surface area contributed by atoms with E-state index in [1.165, 1.54) is 11.8 Å². The largest absolute Gasteiger partial charge is 0.497 e. The Balaban J connectivity index is 1.56. The quantitative estimate of drug-likeness (QED) is 0.239. The highest BCUT2D eigenvalue weighted by Gasteiger charge is 2.39. The molecule has 0 bridgehead atoms. The van der Waals surface area contributed by atoms with Gasteiger partial charge in [-0.05, 0) is 62.2 Å². The van der Waals surface area contributed by atoms with Crippen LogP contribution in [0.2, 0.25) is 5.02 Å². The summed E-state index contributed by atoms with van der Waals surface area (Å²) in [5.41, 5.74) is 4.96. The molecule has 45 heavy (non-hydrogen) atoms. The minimum absolute atomic E-state index is 0.0144. The first-order chi connectivity index (χ1) is 21.9. The number of hydrogen-bond acceptors (Lipinski definition) is 7. The summed E-state index contributed by atoms with van der Waals surface area (Å²) in [6, 6.07) is 21.0. The van der Waals surface area contributed by atoms with Gasteiger partial charge in [-0.15, -0.1) is 11.8 Å². The number of rotatable bonds is 9. The average molecular weight is 647 g/mol. The highest BCUT2D eigenvalue weighted by molar-refractivity contribution is 8.00. The molecule has 3 heterocycles. The lowest BCUT2D eigenvalue weighted by atomic mass is 9.98. The summed E-state index contributed by atoms with van der Waals surface area (Å²) in [7, 11) is 3.24. The third-order valence-electron chi connectivity index (χ3n) is 8.06. The molecular weight excluding hydrogens is 612 g/mol. The predicted molar refractivity (Wildman–Crippen MR) is 177 cm³/mol. The van der Waals surface area contributed by atoms with Crippen molar-refractivity contribution in [3.63, 3.8) is 0 Å². The second-order valence-electron chi connectivity index (χ2n) is 11.1. The first-order valence-electron chi connectivity index (χ1n) is 14.8. The highest BCUT2D eigenvalue weighted by atomic mass is 35.5. The van der Waals surface area contributed by atoms with E-state index in [-0.39, 0.29) is 35.5 Å². The monoisotopic (exact) mass is 646 g/mol. The van der Waals surface area contributed by atoms with Crippen molar-refractivity contribution in [2.75, 3.05) is 44.6 Å². The Labute approximate surface area is 271 Å². The highest BCUT2D eigenvalue weighted by Crippen LogP contribution is 2.51. The van der Waals surface area contributed by atoms with Crippen LogP contribution >= 0.6 is 23.4 Å². The molecule has 4 aromatic rings. The molecule has 0 aliphatic carbocycles. The number of carbonyl (C=O) groups excluding carboxylic acids is 2. The summed E-state index contributed by atoms with van der Waals surface area (Å²) in [5.74, 6) is 1.51. The van der Waals surface area contributed by atoms with E-state index >= 15 is 0 Å². The summed E-state index contributed by atoms with van der Waals surface area (Å²) in [6.07, 6.45) is 1.86. The van der Waals surface area contributed by atoms with Gasteiger partial charge in [0.2, 0.25) is 11.8 Å². The number of methoxy groups -OCH3 is 2. The maximum absolute atomic E-state index is 14.0. The average Bonchev–Trinajstić information content (AvgIpc) is 3.69. The van der Waals surface area contributed by atoms with Crippen LogP contribution in [-0.4, -0.2) is 67.4 Å². The number of halogens is 1. The topological polar surface area (TPSA) is 94.9 Å². The van der Waals surface area contributed by atoms with Crippen LogP contribution in [-0.2, 0) is 14.3 Å². The molecule has 234 valence electrons. The molecular formula is C34H35ClN4O5S. The van der Waals surface area contributed by atoms with E-state index < -0.39 is 0 Å². The maximum Gasteiger partial charge on any atom is 0.240 e. The van der Waals surface area contributed by atoms with Gasteiger partial charge in [-0.2, -0.15) is 5.10 Å². The second kappa shape index (κ2) is 13.6. The van der Waals surface area contributed by atoms with Crippen molar-refractivity contribution in [2.24, 2.45) is 0 Å². The summed E-state index contributed by atoms with van der Waals surface area (Å²) in [4.78, 5) is 29.0. The standard InChI is InChI=1S/C34H35ClN4O5S/c1-21-6-12-24(13-7-21)39-34-31(32(37-39)22-8-10-23(35)11-9-22)33(27-17-25(42-2)14-15-28(27)43-3)45-20-30(41)38(34)19-29(40)36-18-26-5-4-16-44-26/h6-15,17,26,33H,4-5,16,18-20H2,1-3H3,(H,36,40)/t26-,33+/m0/s1. The van der Waals surface area contributed by atoms with Crippen LogP contribution in [0.15, 0.2) is 66.7 Å². The number of anilines is 1. The molecule has 6 rings (SSSR count). The van der Waals surface area contributed by atoms with Gasteiger partial charge in [0.15, 0.2) is 0 Å². The van der Waals surface area contributed by atoms with E-state index in [4.69, 9.17) is 30.9 Å². The van der Waals surface area contributed by atoms with Crippen molar-refractivity contribution in [1.82, 2.24) is 15.1 Å². The summed E-state index contributed by atoms with van der Waals surface area (Å²) in [5, 5.41) is 8.35. The number of aromatic nitrogens is 2. The van der Waals surface area contributed by atoms with Gasteiger partial charge in [0.05, 0.1) is 42.7 Å². The Morgan fingerprint density at radius 2 is 1.87 bits per heavy atom. The van der Waals surface area contributed by atoms with Gasteiger partial charge in [-0.1, -0.05) is 41.4 Å². The lowest BCUT2D eigenvalue weighted by Gasteiger charge is -2.24. The number of ether oxygens (including phenoxy) is 3.